The number of benzene rings is 1. The number of nitro benzene ring substituents is 1. The molecule has 0 spiro atoms. The minimum atomic E-state index is -3.14. The molecule has 9 nitrogen and oxygen atoms in total. The van der Waals surface area contributed by atoms with Gasteiger partial charge in [0.25, 0.3) is 5.69 Å². The van der Waals surface area contributed by atoms with Crippen LogP contribution < -0.4 is 5.32 Å². The molecule has 2 aromatic rings. The summed E-state index contributed by atoms with van der Waals surface area (Å²) in [5.74, 6) is 0.757. The molecule has 0 atom stereocenters. The van der Waals surface area contributed by atoms with Crippen molar-refractivity contribution in [1.82, 2.24) is 9.29 Å². The summed E-state index contributed by atoms with van der Waals surface area (Å²) in [6.45, 7) is 3.09. The average Bonchev–Trinajstić information content (AvgIpc) is 2.58. The number of anilines is 1. The molecule has 0 amide bonds. The predicted octanol–water partition coefficient (Wildman–Crippen LogP) is 1.71. The number of rotatable bonds is 6. The third kappa shape index (κ3) is 3.44. The van der Waals surface area contributed by atoms with Gasteiger partial charge < -0.3 is 5.32 Å². The smallest absolute Gasteiger partial charge is 0.270 e. The molecule has 1 saturated heterocycles. The second kappa shape index (κ2) is 6.86. The number of nitrogens with zero attached hydrogens (tertiary/aromatic N) is 4. The van der Waals surface area contributed by atoms with Gasteiger partial charge >= 0.3 is 0 Å². The Morgan fingerprint density at radius 1 is 1.42 bits per heavy atom. The van der Waals surface area contributed by atoms with Gasteiger partial charge in [-0.3, -0.25) is 10.1 Å². The van der Waals surface area contributed by atoms with Crippen molar-refractivity contribution < 1.29 is 13.3 Å². The van der Waals surface area contributed by atoms with Crippen LogP contribution in [0.1, 0.15) is 12.5 Å². The summed E-state index contributed by atoms with van der Waals surface area (Å²) in [4.78, 5) is 14.8. The highest BCUT2D eigenvalue weighted by molar-refractivity contribution is 7.89. The van der Waals surface area contributed by atoms with E-state index in [1.807, 2.05) is 6.07 Å². The fourth-order valence-electron chi connectivity index (χ4n) is 2.82. The largest absolute Gasteiger partial charge is 0.370 e. The van der Waals surface area contributed by atoms with Crippen LogP contribution in [0.4, 0.5) is 11.5 Å². The van der Waals surface area contributed by atoms with Gasteiger partial charge in [-0.2, -0.15) is 5.26 Å². The van der Waals surface area contributed by atoms with Crippen LogP contribution >= 0.6 is 0 Å². The first kappa shape index (κ1) is 18.0. The molecule has 1 aliphatic heterocycles. The lowest BCUT2D eigenvalue weighted by molar-refractivity contribution is -0.384. The van der Waals surface area contributed by atoms with Crippen molar-refractivity contribution in [3.8, 4) is 6.07 Å². The molecule has 2 heterocycles. The van der Waals surface area contributed by atoms with Crippen LogP contribution in [-0.4, -0.2) is 48.0 Å². The van der Waals surface area contributed by atoms with E-state index in [-0.39, 0.29) is 17.4 Å². The van der Waals surface area contributed by atoms with Crippen molar-refractivity contribution in [2.45, 2.75) is 6.92 Å². The lowest BCUT2D eigenvalue weighted by Crippen LogP contribution is -2.52. The van der Waals surface area contributed by atoms with Crippen molar-refractivity contribution in [3.05, 3.63) is 39.9 Å². The third-order valence-corrected chi connectivity index (χ3v) is 6.19. The molecule has 0 radical (unpaired) electrons. The standard InChI is InChI=1S/C16H17N5O4S/c1-2-26(24,25)20-9-11(10-20)8-18-16-5-12(7-17)14-6-13(21(22)23)3-4-15(14)19-16/h3-6,11H,2,8-10H2,1H3,(H,18,19). The van der Waals surface area contributed by atoms with E-state index in [0.717, 1.165) is 0 Å². The molecule has 0 bridgehead atoms. The molecule has 26 heavy (non-hydrogen) atoms. The maximum absolute atomic E-state index is 11.7. The number of sulfonamides is 1. The highest BCUT2D eigenvalue weighted by Crippen LogP contribution is 2.26. The second-order valence-corrected chi connectivity index (χ2v) is 8.35. The van der Waals surface area contributed by atoms with Crippen LogP contribution in [0, 0.1) is 27.4 Å². The molecule has 3 rings (SSSR count). The molecule has 1 aromatic carbocycles. The van der Waals surface area contributed by atoms with E-state index < -0.39 is 14.9 Å². The molecule has 1 aromatic heterocycles. The van der Waals surface area contributed by atoms with E-state index >= 15 is 0 Å². The van der Waals surface area contributed by atoms with Crippen molar-refractivity contribution in [2.75, 3.05) is 30.7 Å². The quantitative estimate of drug-likeness (QED) is 0.601. The Balaban J connectivity index is 1.73. The Hall–Kier alpha value is -2.77. The van der Waals surface area contributed by atoms with E-state index in [9.17, 15) is 23.8 Å². The van der Waals surface area contributed by atoms with E-state index in [4.69, 9.17) is 0 Å². The van der Waals surface area contributed by atoms with Gasteiger partial charge in [-0.1, -0.05) is 0 Å². The van der Waals surface area contributed by atoms with Crippen LogP contribution in [-0.2, 0) is 10.0 Å². The molecule has 1 fully saturated rings. The summed E-state index contributed by atoms with van der Waals surface area (Å²) in [5, 5.41) is 23.8. The molecule has 0 unspecified atom stereocenters. The van der Waals surface area contributed by atoms with E-state index in [2.05, 4.69) is 10.3 Å². The first-order valence-electron chi connectivity index (χ1n) is 8.05. The Labute approximate surface area is 150 Å². The summed E-state index contributed by atoms with van der Waals surface area (Å²) >= 11 is 0. The predicted molar refractivity (Wildman–Crippen MR) is 96.1 cm³/mol. The SMILES string of the molecule is CCS(=O)(=O)N1CC(CNc2cc(C#N)c3cc([N+](=O)[O-])ccc3n2)C1. The lowest BCUT2D eigenvalue weighted by Gasteiger charge is -2.38. The number of nitro groups is 1. The van der Waals surface area contributed by atoms with Crippen LogP contribution in [0.15, 0.2) is 24.3 Å². The number of non-ortho nitro benzene ring substituents is 1. The fraction of sp³-hybridized carbons (Fsp3) is 0.375. The normalized spacial score (nSPS) is 15.4. The minimum Gasteiger partial charge on any atom is -0.370 e. The topological polar surface area (TPSA) is 129 Å². The van der Waals surface area contributed by atoms with Crippen molar-refractivity contribution >= 4 is 32.4 Å². The Bertz CT molecular complexity index is 1010. The first-order chi connectivity index (χ1) is 12.3. The number of fused-ring (bicyclic) bond motifs is 1. The zero-order chi connectivity index (χ0) is 18.9. The number of nitriles is 1. The van der Waals surface area contributed by atoms with Gasteiger partial charge in [-0.25, -0.2) is 17.7 Å². The zero-order valence-corrected chi connectivity index (χ0v) is 14.9. The summed E-state index contributed by atoms with van der Waals surface area (Å²) in [6.07, 6.45) is 0. The van der Waals surface area contributed by atoms with Crippen molar-refractivity contribution in [1.29, 1.82) is 5.26 Å². The van der Waals surface area contributed by atoms with Crippen LogP contribution in [0.25, 0.3) is 10.9 Å². The monoisotopic (exact) mass is 375 g/mol. The van der Waals surface area contributed by atoms with Crippen LogP contribution in [0.5, 0.6) is 0 Å². The molecule has 136 valence electrons. The van der Waals surface area contributed by atoms with Gasteiger partial charge in [-0.15, -0.1) is 0 Å². The summed E-state index contributed by atoms with van der Waals surface area (Å²) in [6, 6.07) is 7.78. The molecule has 0 saturated carbocycles. The van der Waals surface area contributed by atoms with Crippen molar-refractivity contribution in [2.24, 2.45) is 5.92 Å². The Morgan fingerprint density at radius 2 is 2.15 bits per heavy atom. The number of hydrogen-bond acceptors (Lipinski definition) is 7. The molecule has 1 N–H and O–H groups in total. The molecule has 10 heteroatoms. The van der Waals surface area contributed by atoms with Gasteiger partial charge in [0.2, 0.25) is 10.0 Å². The minimum absolute atomic E-state index is 0.0943. The molecular weight excluding hydrogens is 358 g/mol. The average molecular weight is 375 g/mol. The number of nitrogens with one attached hydrogen (secondary N) is 1. The van der Waals surface area contributed by atoms with E-state index in [1.165, 1.54) is 22.5 Å². The second-order valence-electron chi connectivity index (χ2n) is 6.09. The number of aromatic nitrogens is 1. The van der Waals surface area contributed by atoms with E-state index in [1.54, 1.807) is 13.0 Å². The highest BCUT2D eigenvalue weighted by atomic mass is 32.2. The maximum Gasteiger partial charge on any atom is 0.270 e. The number of pyridine rings is 1. The van der Waals surface area contributed by atoms with Crippen LogP contribution in [0.2, 0.25) is 0 Å². The van der Waals surface area contributed by atoms with Gasteiger partial charge in [-0.05, 0) is 19.1 Å². The van der Waals surface area contributed by atoms with Crippen molar-refractivity contribution in [3.63, 3.8) is 0 Å². The van der Waals surface area contributed by atoms with E-state index in [0.29, 0.717) is 41.9 Å². The summed E-state index contributed by atoms with van der Waals surface area (Å²) < 4.78 is 24.9. The Kier molecular flexibility index (Phi) is 4.76. The van der Waals surface area contributed by atoms with Gasteiger partial charge in [0.15, 0.2) is 0 Å². The van der Waals surface area contributed by atoms with Crippen LogP contribution in [0.3, 0.4) is 0 Å². The van der Waals surface area contributed by atoms with Gasteiger partial charge in [0.1, 0.15) is 5.82 Å². The molecule has 1 aliphatic rings. The lowest BCUT2D eigenvalue weighted by atomic mass is 10.0. The molecular formula is C16H17N5O4S. The zero-order valence-electron chi connectivity index (χ0n) is 14.0. The highest BCUT2D eigenvalue weighted by Gasteiger charge is 2.34. The summed E-state index contributed by atoms with van der Waals surface area (Å²) in [7, 11) is -3.14. The fourth-order valence-corrected chi connectivity index (χ4v) is 4.06. The van der Waals surface area contributed by atoms with Gasteiger partial charge in [0.05, 0.1) is 27.8 Å². The third-order valence-electron chi connectivity index (χ3n) is 4.38. The maximum atomic E-state index is 11.7. The molecule has 0 aliphatic carbocycles. The van der Waals surface area contributed by atoms with Gasteiger partial charge in [0, 0.05) is 43.1 Å². The first-order valence-corrected chi connectivity index (χ1v) is 9.66. The number of hydrogen-bond donors (Lipinski definition) is 1. The Morgan fingerprint density at radius 3 is 2.77 bits per heavy atom. The summed E-state index contributed by atoms with van der Waals surface area (Å²) in [5.41, 5.74) is 0.689.